The third kappa shape index (κ3) is 3.73. The molecule has 1 aromatic carbocycles. The molecule has 7 nitrogen and oxygen atoms in total. The lowest BCUT2D eigenvalue weighted by molar-refractivity contribution is 0.241. The van der Waals surface area contributed by atoms with E-state index in [4.69, 9.17) is 0 Å². The van der Waals surface area contributed by atoms with E-state index in [1.807, 2.05) is 6.92 Å². The van der Waals surface area contributed by atoms with Crippen LogP contribution in [0.1, 0.15) is 30.5 Å². The molecule has 0 saturated carbocycles. The Kier molecular flexibility index (Phi) is 5.36. The van der Waals surface area contributed by atoms with Gasteiger partial charge in [-0.05, 0) is 42.5 Å². The summed E-state index contributed by atoms with van der Waals surface area (Å²) in [5.41, 5.74) is 5.63. The Balaban J connectivity index is 1.47. The molecule has 0 spiro atoms. The number of nitrogens with zero attached hydrogens (tertiary/aromatic N) is 5. The molecule has 5 rings (SSSR count). The van der Waals surface area contributed by atoms with Crippen molar-refractivity contribution >= 4 is 22.6 Å². The molecule has 3 heterocycles. The number of fused-ring (bicyclic) bond motifs is 2. The maximum Gasteiger partial charge on any atom is 0.166 e. The van der Waals surface area contributed by atoms with Crippen LogP contribution in [0.15, 0.2) is 55.1 Å². The Morgan fingerprint density at radius 3 is 2.94 bits per heavy atom. The zero-order chi connectivity index (χ0) is 22.1. The summed E-state index contributed by atoms with van der Waals surface area (Å²) in [6.07, 6.45) is 8.39. The Morgan fingerprint density at radius 1 is 1.22 bits per heavy atom. The van der Waals surface area contributed by atoms with Crippen LogP contribution in [0.25, 0.3) is 28.1 Å². The molecule has 162 valence electrons. The molecule has 4 aromatic rings. The van der Waals surface area contributed by atoms with Crippen LogP contribution in [0.2, 0.25) is 0 Å². The van der Waals surface area contributed by atoms with Crippen LogP contribution >= 0.6 is 0 Å². The standard InChI is InChI=1S/C24H23FN6O/c1-15(13-32)31-14-28-21-23(27-9-8-17-7-6-16-4-2-3-5-20(16)17)29-22(30-24(21)31)18-10-19(25)12-26-11-18/h2-5,7,10-12,14-15,32H,6,8-9,13H2,1H3,(H,27,29,30). The largest absolute Gasteiger partial charge is 0.394 e. The first-order valence-corrected chi connectivity index (χ1v) is 10.6. The van der Waals surface area contributed by atoms with E-state index in [2.05, 4.69) is 55.6 Å². The van der Waals surface area contributed by atoms with E-state index < -0.39 is 5.82 Å². The monoisotopic (exact) mass is 430 g/mol. The highest BCUT2D eigenvalue weighted by Crippen LogP contribution is 2.30. The first kappa shape index (κ1) is 20.3. The van der Waals surface area contributed by atoms with E-state index in [0.717, 1.165) is 19.0 Å². The maximum absolute atomic E-state index is 13.8. The summed E-state index contributed by atoms with van der Waals surface area (Å²) in [4.78, 5) is 17.7. The van der Waals surface area contributed by atoms with Gasteiger partial charge in [0.05, 0.1) is 25.2 Å². The second-order valence-electron chi connectivity index (χ2n) is 7.91. The van der Waals surface area contributed by atoms with Crippen molar-refractivity contribution in [2.45, 2.75) is 25.8 Å². The van der Waals surface area contributed by atoms with Crippen molar-refractivity contribution in [1.82, 2.24) is 24.5 Å². The molecular formula is C24H23FN6O. The van der Waals surface area contributed by atoms with E-state index >= 15 is 0 Å². The van der Waals surface area contributed by atoms with Gasteiger partial charge in [0.1, 0.15) is 11.3 Å². The van der Waals surface area contributed by atoms with E-state index in [1.54, 1.807) is 10.9 Å². The molecule has 8 heteroatoms. The van der Waals surface area contributed by atoms with Crippen molar-refractivity contribution in [3.63, 3.8) is 0 Å². The Morgan fingerprint density at radius 2 is 2.09 bits per heavy atom. The predicted molar refractivity (Wildman–Crippen MR) is 122 cm³/mol. The molecule has 0 saturated heterocycles. The molecule has 0 aliphatic heterocycles. The number of pyridine rings is 1. The summed E-state index contributed by atoms with van der Waals surface area (Å²) in [5.74, 6) is 0.471. The number of nitrogens with one attached hydrogen (secondary N) is 1. The summed E-state index contributed by atoms with van der Waals surface area (Å²) in [6.45, 7) is 2.49. The van der Waals surface area contributed by atoms with Crippen molar-refractivity contribution in [2.75, 3.05) is 18.5 Å². The fraction of sp³-hybridized carbons (Fsp3) is 0.250. The van der Waals surface area contributed by atoms with Gasteiger partial charge in [-0.25, -0.2) is 19.3 Å². The number of aromatic nitrogens is 5. The number of hydrogen-bond donors (Lipinski definition) is 2. The van der Waals surface area contributed by atoms with Crippen LogP contribution in [0.5, 0.6) is 0 Å². The third-order valence-electron chi connectivity index (χ3n) is 5.74. The quantitative estimate of drug-likeness (QED) is 0.460. The van der Waals surface area contributed by atoms with Gasteiger partial charge in [-0.15, -0.1) is 0 Å². The van der Waals surface area contributed by atoms with Crippen LogP contribution in [0, 0.1) is 5.82 Å². The van der Waals surface area contributed by atoms with Gasteiger partial charge in [0.25, 0.3) is 0 Å². The molecule has 1 unspecified atom stereocenters. The van der Waals surface area contributed by atoms with Crippen LogP contribution in [-0.2, 0) is 6.42 Å². The molecule has 1 aliphatic rings. The highest BCUT2D eigenvalue weighted by Gasteiger charge is 2.18. The number of anilines is 1. The summed E-state index contributed by atoms with van der Waals surface area (Å²) in [5, 5.41) is 13.0. The van der Waals surface area contributed by atoms with Crippen molar-refractivity contribution in [1.29, 1.82) is 0 Å². The fourth-order valence-electron chi connectivity index (χ4n) is 4.02. The van der Waals surface area contributed by atoms with Gasteiger partial charge in [0, 0.05) is 18.3 Å². The first-order valence-electron chi connectivity index (χ1n) is 10.6. The lowest BCUT2D eigenvalue weighted by atomic mass is 10.0. The van der Waals surface area contributed by atoms with Crippen molar-refractivity contribution in [2.24, 2.45) is 0 Å². The normalized spacial score (nSPS) is 13.8. The number of halogens is 1. The number of aliphatic hydroxyl groups is 1. The summed E-state index contributed by atoms with van der Waals surface area (Å²) in [6, 6.07) is 9.60. The summed E-state index contributed by atoms with van der Waals surface area (Å²) in [7, 11) is 0. The SMILES string of the molecule is CC(CO)n1cnc2c(NCCC3=CCc4ccccc43)nc(-c3cncc(F)c3)nc21. The van der Waals surface area contributed by atoms with Gasteiger partial charge in [-0.3, -0.25) is 4.98 Å². The number of aliphatic hydroxyl groups excluding tert-OH is 1. The zero-order valence-corrected chi connectivity index (χ0v) is 17.7. The number of benzene rings is 1. The molecule has 1 aliphatic carbocycles. The highest BCUT2D eigenvalue weighted by molar-refractivity contribution is 5.85. The van der Waals surface area contributed by atoms with Gasteiger partial charge in [0.15, 0.2) is 17.3 Å². The van der Waals surface area contributed by atoms with Gasteiger partial charge in [-0.1, -0.05) is 30.3 Å². The molecule has 0 radical (unpaired) electrons. The van der Waals surface area contributed by atoms with Crippen molar-refractivity contribution < 1.29 is 9.50 Å². The average molecular weight is 430 g/mol. The van der Waals surface area contributed by atoms with E-state index in [-0.39, 0.29) is 12.6 Å². The predicted octanol–water partition coefficient (Wildman–Crippen LogP) is 4.02. The zero-order valence-electron chi connectivity index (χ0n) is 17.7. The number of hydrogen-bond acceptors (Lipinski definition) is 6. The number of allylic oxidation sites excluding steroid dienone is 1. The van der Waals surface area contributed by atoms with Crippen LogP contribution in [0.3, 0.4) is 0 Å². The molecule has 3 aromatic heterocycles. The molecular weight excluding hydrogens is 407 g/mol. The van der Waals surface area contributed by atoms with Gasteiger partial charge >= 0.3 is 0 Å². The fourth-order valence-corrected chi connectivity index (χ4v) is 4.02. The number of imidazole rings is 1. The second kappa shape index (κ2) is 8.47. The van der Waals surface area contributed by atoms with E-state index in [9.17, 15) is 9.50 Å². The smallest absolute Gasteiger partial charge is 0.166 e. The maximum atomic E-state index is 13.8. The summed E-state index contributed by atoms with van der Waals surface area (Å²) < 4.78 is 15.6. The minimum absolute atomic E-state index is 0.0529. The highest BCUT2D eigenvalue weighted by atomic mass is 19.1. The topological polar surface area (TPSA) is 88.8 Å². The summed E-state index contributed by atoms with van der Waals surface area (Å²) >= 11 is 0. The Bertz CT molecular complexity index is 1320. The second-order valence-corrected chi connectivity index (χ2v) is 7.91. The Hall–Kier alpha value is -3.65. The van der Waals surface area contributed by atoms with Gasteiger partial charge < -0.3 is 15.0 Å². The first-order chi connectivity index (χ1) is 15.6. The molecule has 32 heavy (non-hydrogen) atoms. The molecule has 2 N–H and O–H groups in total. The van der Waals surface area contributed by atoms with Crippen LogP contribution < -0.4 is 5.32 Å². The van der Waals surface area contributed by atoms with E-state index in [0.29, 0.717) is 34.9 Å². The van der Waals surface area contributed by atoms with Crippen molar-refractivity contribution in [3.05, 3.63) is 72.1 Å². The molecule has 0 bridgehead atoms. The Labute approximate surface area is 184 Å². The van der Waals surface area contributed by atoms with Crippen LogP contribution in [-0.4, -0.2) is 42.8 Å². The van der Waals surface area contributed by atoms with Crippen LogP contribution in [0.4, 0.5) is 10.2 Å². The third-order valence-corrected chi connectivity index (χ3v) is 5.74. The minimum atomic E-state index is -0.454. The minimum Gasteiger partial charge on any atom is -0.394 e. The molecule has 0 fully saturated rings. The van der Waals surface area contributed by atoms with Crippen molar-refractivity contribution in [3.8, 4) is 11.4 Å². The molecule has 0 amide bonds. The van der Waals surface area contributed by atoms with Gasteiger partial charge in [-0.2, -0.15) is 0 Å². The lowest BCUT2D eigenvalue weighted by Crippen LogP contribution is -2.10. The van der Waals surface area contributed by atoms with Gasteiger partial charge in [0.2, 0.25) is 0 Å². The molecule has 1 atom stereocenters. The average Bonchev–Trinajstić information content (AvgIpc) is 3.43. The van der Waals surface area contributed by atoms with E-state index in [1.165, 1.54) is 29.0 Å². The lowest BCUT2D eigenvalue weighted by Gasteiger charge is -2.13. The number of rotatable bonds is 7.